The quantitative estimate of drug-likeness (QED) is 0.450. The Balaban J connectivity index is 1.43. The SMILES string of the molecule is CC(Oc1ccc2[nH]nc(-c3nc4c([nH]3)CN(C(=O)O)C4)c2c1)c1cc(F)cc(F)c1. The molecule has 31 heavy (non-hydrogen) atoms. The van der Waals surface area contributed by atoms with Gasteiger partial charge in [0.05, 0.1) is 30.0 Å². The van der Waals surface area contributed by atoms with Crippen molar-refractivity contribution < 1.29 is 23.4 Å². The van der Waals surface area contributed by atoms with Crippen molar-refractivity contribution in [2.45, 2.75) is 26.1 Å². The number of amides is 1. The first-order chi connectivity index (χ1) is 14.9. The summed E-state index contributed by atoms with van der Waals surface area (Å²) in [5.41, 5.74) is 3.12. The van der Waals surface area contributed by atoms with Gasteiger partial charge in [-0.3, -0.25) is 10.00 Å². The number of hydrogen-bond acceptors (Lipinski definition) is 4. The Labute approximate surface area is 174 Å². The number of hydrogen-bond donors (Lipinski definition) is 3. The van der Waals surface area contributed by atoms with Gasteiger partial charge >= 0.3 is 6.09 Å². The highest BCUT2D eigenvalue weighted by Crippen LogP contribution is 2.32. The second-order valence-electron chi connectivity index (χ2n) is 7.39. The maximum Gasteiger partial charge on any atom is 0.408 e. The molecule has 10 heteroatoms. The van der Waals surface area contributed by atoms with Crippen LogP contribution in [0.2, 0.25) is 0 Å². The van der Waals surface area contributed by atoms with Crippen molar-refractivity contribution in [3.63, 3.8) is 0 Å². The summed E-state index contributed by atoms with van der Waals surface area (Å²) < 4.78 is 32.9. The summed E-state index contributed by atoms with van der Waals surface area (Å²) in [7, 11) is 0. The molecule has 2 aromatic carbocycles. The van der Waals surface area contributed by atoms with Gasteiger partial charge in [-0.1, -0.05) is 0 Å². The van der Waals surface area contributed by atoms with Crippen molar-refractivity contribution in [1.29, 1.82) is 0 Å². The number of nitrogens with one attached hydrogen (secondary N) is 2. The number of nitrogens with zero attached hydrogens (tertiary/aromatic N) is 3. The van der Waals surface area contributed by atoms with Crippen LogP contribution in [0.5, 0.6) is 5.75 Å². The van der Waals surface area contributed by atoms with E-state index in [0.717, 1.165) is 22.7 Å². The van der Waals surface area contributed by atoms with Crippen LogP contribution < -0.4 is 4.74 Å². The van der Waals surface area contributed by atoms with E-state index in [9.17, 15) is 13.6 Å². The van der Waals surface area contributed by atoms with Crippen molar-refractivity contribution in [2.24, 2.45) is 0 Å². The first-order valence-corrected chi connectivity index (χ1v) is 9.54. The smallest absolute Gasteiger partial charge is 0.408 e. The van der Waals surface area contributed by atoms with Crippen LogP contribution in [0.1, 0.15) is 30.0 Å². The molecule has 0 saturated carbocycles. The minimum atomic E-state index is -0.993. The Bertz CT molecular complexity index is 1270. The van der Waals surface area contributed by atoms with E-state index in [-0.39, 0.29) is 13.1 Å². The molecule has 0 spiro atoms. The van der Waals surface area contributed by atoms with Crippen LogP contribution in [0.15, 0.2) is 36.4 Å². The van der Waals surface area contributed by atoms with E-state index in [1.807, 2.05) is 0 Å². The fourth-order valence-electron chi connectivity index (χ4n) is 3.71. The number of rotatable bonds is 4. The van der Waals surface area contributed by atoms with Crippen LogP contribution in [-0.2, 0) is 13.1 Å². The highest BCUT2D eigenvalue weighted by atomic mass is 19.1. The molecule has 1 aliphatic heterocycles. The summed E-state index contributed by atoms with van der Waals surface area (Å²) in [6, 6.07) is 8.60. The largest absolute Gasteiger partial charge is 0.486 e. The Morgan fingerprint density at radius 3 is 2.68 bits per heavy atom. The van der Waals surface area contributed by atoms with E-state index in [1.54, 1.807) is 25.1 Å². The van der Waals surface area contributed by atoms with Gasteiger partial charge in [-0.25, -0.2) is 18.6 Å². The molecule has 0 bridgehead atoms. The van der Waals surface area contributed by atoms with Crippen molar-refractivity contribution in [3.05, 3.63) is 65.0 Å². The van der Waals surface area contributed by atoms with E-state index in [4.69, 9.17) is 9.84 Å². The normalized spacial score (nSPS) is 14.1. The lowest BCUT2D eigenvalue weighted by atomic mass is 10.1. The Hall–Kier alpha value is -3.95. The van der Waals surface area contributed by atoms with Crippen molar-refractivity contribution in [1.82, 2.24) is 25.1 Å². The molecule has 1 unspecified atom stereocenters. The van der Waals surface area contributed by atoms with Crippen molar-refractivity contribution in [3.8, 4) is 17.3 Å². The molecule has 0 saturated heterocycles. The fraction of sp³-hybridized carbons (Fsp3) is 0.190. The highest BCUT2D eigenvalue weighted by Gasteiger charge is 2.27. The molecule has 0 fully saturated rings. The second kappa shape index (κ2) is 7.08. The van der Waals surface area contributed by atoms with Gasteiger partial charge in [0.15, 0.2) is 5.82 Å². The maximum atomic E-state index is 13.5. The zero-order valence-corrected chi connectivity index (χ0v) is 16.3. The number of aromatic nitrogens is 4. The van der Waals surface area contributed by atoms with Crippen molar-refractivity contribution >= 4 is 17.0 Å². The maximum absolute atomic E-state index is 13.5. The van der Waals surface area contributed by atoms with Gasteiger partial charge in [0.25, 0.3) is 0 Å². The van der Waals surface area contributed by atoms with Gasteiger partial charge in [0, 0.05) is 11.5 Å². The fourth-order valence-corrected chi connectivity index (χ4v) is 3.71. The number of carboxylic acid groups (broad SMARTS) is 1. The van der Waals surface area contributed by atoms with Crippen molar-refractivity contribution in [2.75, 3.05) is 0 Å². The van der Waals surface area contributed by atoms with Crippen LogP contribution in [0.25, 0.3) is 22.4 Å². The number of ether oxygens (including phenoxy) is 1. The summed E-state index contributed by atoms with van der Waals surface area (Å²) in [6.07, 6.45) is -1.57. The predicted molar refractivity (Wildman–Crippen MR) is 106 cm³/mol. The predicted octanol–water partition coefficient (Wildman–Crippen LogP) is 4.36. The molecule has 5 rings (SSSR count). The van der Waals surface area contributed by atoms with Crippen LogP contribution in [0.3, 0.4) is 0 Å². The molecule has 3 N–H and O–H groups in total. The monoisotopic (exact) mass is 425 g/mol. The molecule has 8 nitrogen and oxygen atoms in total. The number of fused-ring (bicyclic) bond motifs is 2. The molecule has 2 aromatic heterocycles. The highest BCUT2D eigenvalue weighted by molar-refractivity contribution is 5.92. The Morgan fingerprint density at radius 1 is 1.19 bits per heavy atom. The van der Waals surface area contributed by atoms with Crippen LogP contribution in [0, 0.1) is 11.6 Å². The number of aromatic amines is 2. The lowest BCUT2D eigenvalue weighted by molar-refractivity contribution is 0.144. The van der Waals surface area contributed by atoms with Gasteiger partial charge in [-0.2, -0.15) is 5.10 Å². The molecule has 1 aliphatic rings. The van der Waals surface area contributed by atoms with E-state index in [1.165, 1.54) is 17.0 Å². The average molecular weight is 425 g/mol. The second-order valence-corrected chi connectivity index (χ2v) is 7.39. The zero-order valence-electron chi connectivity index (χ0n) is 16.3. The van der Waals surface area contributed by atoms with Gasteiger partial charge in [0.2, 0.25) is 0 Å². The number of imidazole rings is 1. The molecule has 0 radical (unpaired) electrons. The van der Waals surface area contributed by atoms with Crippen LogP contribution in [0.4, 0.5) is 13.6 Å². The third-order valence-corrected chi connectivity index (χ3v) is 5.25. The minimum Gasteiger partial charge on any atom is -0.486 e. The number of H-pyrrole nitrogens is 2. The van der Waals surface area contributed by atoms with Gasteiger partial charge in [-0.05, 0) is 42.8 Å². The molecule has 1 amide bonds. The summed E-state index contributed by atoms with van der Waals surface area (Å²) in [4.78, 5) is 20.1. The van der Waals surface area contributed by atoms with Crippen LogP contribution in [-0.4, -0.2) is 36.3 Å². The van der Waals surface area contributed by atoms with E-state index in [0.29, 0.717) is 28.5 Å². The molecular weight excluding hydrogens is 408 g/mol. The lowest BCUT2D eigenvalue weighted by Crippen LogP contribution is -2.23. The third kappa shape index (κ3) is 3.45. The molecular formula is C21H17F2N5O3. The van der Waals surface area contributed by atoms with E-state index in [2.05, 4.69) is 20.2 Å². The van der Waals surface area contributed by atoms with Crippen LogP contribution >= 0.6 is 0 Å². The standard InChI is InChI=1S/C21H17F2N5O3/c1-10(11-4-12(22)6-13(23)5-11)31-14-2-3-16-15(7-14)19(27-26-16)20-24-17-8-28(21(29)30)9-18(17)25-20/h2-7,10H,8-9H2,1H3,(H,24,25)(H,26,27)(H,29,30). The summed E-state index contributed by atoms with van der Waals surface area (Å²) in [5.74, 6) is -0.294. The van der Waals surface area contributed by atoms with Gasteiger partial charge in [-0.15, -0.1) is 0 Å². The summed E-state index contributed by atoms with van der Waals surface area (Å²) >= 11 is 0. The first-order valence-electron chi connectivity index (χ1n) is 9.54. The van der Waals surface area contributed by atoms with E-state index < -0.39 is 23.8 Å². The minimum absolute atomic E-state index is 0.222. The summed E-state index contributed by atoms with van der Waals surface area (Å²) in [5, 5.41) is 17.1. The molecule has 4 aromatic rings. The number of carbonyl (C=O) groups is 1. The average Bonchev–Trinajstić information content (AvgIpc) is 3.39. The first kappa shape index (κ1) is 19.0. The molecule has 3 heterocycles. The van der Waals surface area contributed by atoms with E-state index >= 15 is 0 Å². The Morgan fingerprint density at radius 2 is 1.97 bits per heavy atom. The molecule has 158 valence electrons. The topological polar surface area (TPSA) is 107 Å². The Kier molecular flexibility index (Phi) is 4.35. The van der Waals surface area contributed by atoms with Gasteiger partial charge in [0.1, 0.15) is 29.2 Å². The van der Waals surface area contributed by atoms with Gasteiger partial charge < -0.3 is 14.8 Å². The molecule has 0 aliphatic carbocycles. The zero-order chi connectivity index (χ0) is 21.7. The summed E-state index contributed by atoms with van der Waals surface area (Å²) in [6.45, 7) is 2.18. The number of benzene rings is 2. The lowest BCUT2D eigenvalue weighted by Gasteiger charge is -2.15. The molecule has 1 atom stereocenters. The third-order valence-electron chi connectivity index (χ3n) is 5.25. The number of halogens is 2.